The Labute approximate surface area is 150 Å². The van der Waals surface area contributed by atoms with Gasteiger partial charge >= 0.3 is 0 Å². The van der Waals surface area contributed by atoms with E-state index in [0.717, 1.165) is 29.8 Å². The number of nitrogens with zero attached hydrogens (tertiary/aromatic N) is 1. The molecular formula is C21H29FN2O. The maximum atomic E-state index is 13.4. The van der Waals surface area contributed by atoms with E-state index in [0.29, 0.717) is 12.2 Å². The largest absolute Gasteiger partial charge is 0.339 e. The van der Waals surface area contributed by atoms with E-state index < -0.39 is 0 Å². The molecule has 1 aromatic carbocycles. The third kappa shape index (κ3) is 4.01. The minimum atomic E-state index is -0.275. The molecule has 1 fully saturated rings. The maximum absolute atomic E-state index is 13.4. The summed E-state index contributed by atoms with van der Waals surface area (Å²) in [4.78, 5) is 14.7. The van der Waals surface area contributed by atoms with Crippen molar-refractivity contribution in [1.82, 2.24) is 10.2 Å². The van der Waals surface area contributed by atoms with Crippen LogP contribution in [0.5, 0.6) is 0 Å². The molecule has 1 atom stereocenters. The predicted octanol–water partition coefficient (Wildman–Crippen LogP) is 4.37. The van der Waals surface area contributed by atoms with Crippen LogP contribution in [0.15, 0.2) is 42.2 Å². The van der Waals surface area contributed by atoms with Gasteiger partial charge in [0, 0.05) is 25.7 Å². The number of hydrogen-bond donors (Lipinski definition) is 1. The number of benzene rings is 1. The lowest BCUT2D eigenvalue weighted by Gasteiger charge is -2.44. The summed E-state index contributed by atoms with van der Waals surface area (Å²) in [6.45, 7) is 15.7. The van der Waals surface area contributed by atoms with Crippen molar-refractivity contribution in [3.05, 3.63) is 53.6 Å². The molecule has 0 amide bonds. The summed E-state index contributed by atoms with van der Waals surface area (Å²) in [6, 6.07) is 6.42. The van der Waals surface area contributed by atoms with Crippen LogP contribution in [0.1, 0.15) is 46.6 Å². The molecule has 0 bridgehead atoms. The lowest BCUT2D eigenvalue weighted by Crippen LogP contribution is -2.55. The third-order valence-corrected chi connectivity index (χ3v) is 5.07. The summed E-state index contributed by atoms with van der Waals surface area (Å²) in [5.74, 6) is -0.0852. The van der Waals surface area contributed by atoms with Crippen molar-refractivity contribution in [2.24, 2.45) is 5.92 Å². The summed E-state index contributed by atoms with van der Waals surface area (Å²) < 4.78 is 13.4. The smallest absolute Gasteiger partial charge is 0.176 e. The predicted molar refractivity (Wildman–Crippen MR) is 101 cm³/mol. The normalized spacial score (nSPS) is 19.4. The van der Waals surface area contributed by atoms with Gasteiger partial charge in [-0.05, 0) is 49.5 Å². The Bertz CT molecular complexity index is 688. The van der Waals surface area contributed by atoms with Gasteiger partial charge in [0.05, 0.1) is 11.2 Å². The number of ketones is 1. The molecule has 1 aliphatic heterocycles. The van der Waals surface area contributed by atoms with Crippen LogP contribution in [0.2, 0.25) is 0 Å². The van der Waals surface area contributed by atoms with E-state index in [-0.39, 0.29) is 23.1 Å². The Hall–Kier alpha value is -1.94. The highest BCUT2D eigenvalue weighted by atomic mass is 19.1. The van der Waals surface area contributed by atoms with Crippen LogP contribution in [0.25, 0.3) is 5.57 Å². The topological polar surface area (TPSA) is 32.3 Å². The van der Waals surface area contributed by atoms with Crippen molar-refractivity contribution >= 4 is 11.4 Å². The first-order valence-electron chi connectivity index (χ1n) is 8.92. The number of carbonyl (C=O) groups is 1. The van der Waals surface area contributed by atoms with Gasteiger partial charge in [0.1, 0.15) is 5.82 Å². The summed E-state index contributed by atoms with van der Waals surface area (Å²) in [6.07, 6.45) is 0.894. The zero-order valence-electron chi connectivity index (χ0n) is 15.9. The molecule has 4 heteroatoms. The number of halogens is 1. The molecule has 1 heterocycles. The van der Waals surface area contributed by atoms with Crippen molar-refractivity contribution in [2.45, 2.75) is 46.6 Å². The SMILES string of the molecule is C=C1N(/C(C(C)=O)=C(/c2ccc(F)cc2)C(C)CC)CCNC1(C)C. The van der Waals surface area contributed by atoms with Crippen molar-refractivity contribution < 1.29 is 9.18 Å². The minimum absolute atomic E-state index is 0.0125. The van der Waals surface area contributed by atoms with Crippen molar-refractivity contribution in [3.63, 3.8) is 0 Å². The summed E-state index contributed by atoms with van der Waals surface area (Å²) >= 11 is 0. The zero-order chi connectivity index (χ0) is 18.8. The molecule has 0 aromatic heterocycles. The number of nitrogens with one attached hydrogen (secondary N) is 1. The van der Waals surface area contributed by atoms with E-state index in [1.165, 1.54) is 12.1 Å². The highest BCUT2D eigenvalue weighted by Gasteiger charge is 2.34. The lowest BCUT2D eigenvalue weighted by molar-refractivity contribution is -0.115. The Kier molecular flexibility index (Phi) is 5.83. The first kappa shape index (κ1) is 19.4. The van der Waals surface area contributed by atoms with E-state index in [1.807, 2.05) is 4.90 Å². The number of Topliss-reactive ketones (excluding diaryl/α,β-unsaturated/α-hetero) is 1. The van der Waals surface area contributed by atoms with E-state index in [9.17, 15) is 9.18 Å². The van der Waals surface area contributed by atoms with E-state index in [4.69, 9.17) is 0 Å². The molecule has 1 aliphatic rings. The number of carbonyl (C=O) groups excluding carboxylic acids is 1. The average molecular weight is 344 g/mol. The highest BCUT2D eigenvalue weighted by Crippen LogP contribution is 2.35. The highest BCUT2D eigenvalue weighted by molar-refractivity contribution is 6.01. The molecular weight excluding hydrogens is 315 g/mol. The molecule has 2 rings (SSSR count). The molecule has 25 heavy (non-hydrogen) atoms. The van der Waals surface area contributed by atoms with Crippen LogP contribution in [0.3, 0.4) is 0 Å². The maximum Gasteiger partial charge on any atom is 0.176 e. The molecule has 1 unspecified atom stereocenters. The average Bonchev–Trinajstić information content (AvgIpc) is 2.56. The van der Waals surface area contributed by atoms with Crippen molar-refractivity contribution in [2.75, 3.05) is 13.1 Å². The van der Waals surface area contributed by atoms with Crippen LogP contribution in [-0.2, 0) is 4.79 Å². The van der Waals surface area contributed by atoms with Gasteiger partial charge in [-0.3, -0.25) is 4.79 Å². The van der Waals surface area contributed by atoms with Crippen molar-refractivity contribution in [3.8, 4) is 0 Å². The molecule has 1 saturated heterocycles. The Morgan fingerprint density at radius 1 is 1.36 bits per heavy atom. The van der Waals surface area contributed by atoms with Gasteiger partial charge in [-0.25, -0.2) is 4.39 Å². The monoisotopic (exact) mass is 344 g/mol. The van der Waals surface area contributed by atoms with Gasteiger partial charge in [0.25, 0.3) is 0 Å². The standard InChI is InChI=1S/C21H29FN2O/c1-7-14(2)19(17-8-10-18(22)11-9-17)20(15(3)25)24-13-12-23-21(5,6)16(24)4/h8-11,14,23H,4,7,12-13H2,1-3,5-6H3/b20-19+. The minimum Gasteiger partial charge on any atom is -0.339 e. The zero-order valence-corrected chi connectivity index (χ0v) is 15.9. The molecule has 0 radical (unpaired) electrons. The first-order chi connectivity index (χ1) is 11.7. The fourth-order valence-corrected chi connectivity index (χ4v) is 3.31. The second-order valence-electron chi connectivity index (χ2n) is 7.28. The first-order valence-corrected chi connectivity index (χ1v) is 8.92. The Balaban J connectivity index is 2.66. The fraction of sp³-hybridized carbons (Fsp3) is 0.476. The lowest BCUT2D eigenvalue weighted by atomic mass is 9.87. The number of piperazine rings is 1. The van der Waals surface area contributed by atoms with Gasteiger partial charge < -0.3 is 10.2 Å². The molecule has 1 aromatic rings. The molecule has 3 nitrogen and oxygen atoms in total. The number of hydrogen-bond acceptors (Lipinski definition) is 3. The molecule has 1 N–H and O–H groups in total. The number of rotatable bonds is 5. The molecule has 0 spiro atoms. The second kappa shape index (κ2) is 7.52. The summed E-state index contributed by atoms with van der Waals surface area (Å²) in [5, 5.41) is 3.44. The van der Waals surface area contributed by atoms with Gasteiger partial charge in [0.2, 0.25) is 0 Å². The van der Waals surface area contributed by atoms with Gasteiger partial charge in [-0.15, -0.1) is 0 Å². The molecule has 0 aliphatic carbocycles. The van der Waals surface area contributed by atoms with Gasteiger partial charge in [0.15, 0.2) is 5.78 Å². The Morgan fingerprint density at radius 3 is 2.48 bits per heavy atom. The second-order valence-corrected chi connectivity index (χ2v) is 7.28. The van der Waals surface area contributed by atoms with Crippen LogP contribution >= 0.6 is 0 Å². The number of allylic oxidation sites excluding steroid dienone is 2. The van der Waals surface area contributed by atoms with Crippen molar-refractivity contribution in [1.29, 1.82) is 0 Å². The van der Waals surface area contributed by atoms with E-state index in [1.54, 1.807) is 19.1 Å². The van der Waals surface area contributed by atoms with Gasteiger partial charge in [-0.2, -0.15) is 0 Å². The van der Waals surface area contributed by atoms with Crippen LogP contribution in [-0.4, -0.2) is 29.3 Å². The Morgan fingerprint density at radius 2 is 1.96 bits per heavy atom. The van der Waals surface area contributed by atoms with Gasteiger partial charge in [-0.1, -0.05) is 32.6 Å². The summed E-state index contributed by atoms with van der Waals surface area (Å²) in [7, 11) is 0. The van der Waals surface area contributed by atoms with E-state index >= 15 is 0 Å². The van der Waals surface area contributed by atoms with Crippen LogP contribution in [0, 0.1) is 11.7 Å². The fourth-order valence-electron chi connectivity index (χ4n) is 3.31. The third-order valence-electron chi connectivity index (χ3n) is 5.07. The quantitative estimate of drug-likeness (QED) is 0.805. The summed E-state index contributed by atoms with van der Waals surface area (Å²) in [5.41, 5.74) is 3.15. The van der Waals surface area contributed by atoms with Crippen LogP contribution in [0.4, 0.5) is 4.39 Å². The van der Waals surface area contributed by atoms with E-state index in [2.05, 4.69) is 39.6 Å². The molecule has 0 saturated carbocycles. The molecule has 136 valence electrons. The van der Waals surface area contributed by atoms with Crippen LogP contribution < -0.4 is 5.32 Å².